The number of hydrogen-bond donors (Lipinski definition) is 2. The zero-order chi connectivity index (χ0) is 13.9. The average Bonchev–Trinajstić information content (AvgIpc) is 2.57. The summed E-state index contributed by atoms with van der Waals surface area (Å²) >= 11 is 0. The lowest BCUT2D eigenvalue weighted by atomic mass is 10.1. The molecule has 1 aliphatic rings. The Balaban J connectivity index is 2.53. The topological polar surface area (TPSA) is 55.8 Å². The van der Waals surface area contributed by atoms with E-state index >= 15 is 0 Å². The molecule has 5 nitrogen and oxygen atoms in total. The van der Waals surface area contributed by atoms with Crippen molar-refractivity contribution in [3.05, 3.63) is 0 Å². The second-order valence-corrected chi connectivity index (χ2v) is 5.94. The highest BCUT2D eigenvalue weighted by Crippen LogP contribution is 2.20. The molecule has 0 amide bonds. The summed E-state index contributed by atoms with van der Waals surface area (Å²) in [6.07, 6.45) is 0. The number of aliphatic carboxylic acids is 1. The molecule has 0 aromatic carbocycles. The van der Waals surface area contributed by atoms with Gasteiger partial charge in [0.15, 0.2) is 0 Å². The molecule has 3 atom stereocenters. The largest absolute Gasteiger partial charge is 0.480 e. The van der Waals surface area contributed by atoms with Crippen LogP contribution in [0.5, 0.6) is 0 Å². The van der Waals surface area contributed by atoms with E-state index in [0.717, 1.165) is 13.1 Å². The van der Waals surface area contributed by atoms with E-state index in [2.05, 4.69) is 36.1 Å². The minimum atomic E-state index is -0.760. The van der Waals surface area contributed by atoms with Gasteiger partial charge in [-0.25, -0.2) is 0 Å². The van der Waals surface area contributed by atoms with Crippen LogP contribution < -0.4 is 5.32 Å². The van der Waals surface area contributed by atoms with E-state index in [1.807, 2.05) is 13.8 Å². The van der Waals surface area contributed by atoms with Gasteiger partial charge in [0.2, 0.25) is 0 Å². The van der Waals surface area contributed by atoms with Gasteiger partial charge in [0.1, 0.15) is 6.04 Å². The quantitative estimate of drug-likeness (QED) is 0.718. The van der Waals surface area contributed by atoms with Crippen molar-refractivity contribution in [3.63, 3.8) is 0 Å². The van der Waals surface area contributed by atoms with Gasteiger partial charge in [-0.1, -0.05) is 20.8 Å². The summed E-state index contributed by atoms with van der Waals surface area (Å²) in [6.45, 7) is 8.71. The molecule has 0 spiro atoms. The van der Waals surface area contributed by atoms with Crippen LogP contribution in [-0.4, -0.2) is 72.7 Å². The van der Waals surface area contributed by atoms with Crippen LogP contribution in [0.1, 0.15) is 20.8 Å². The van der Waals surface area contributed by atoms with Gasteiger partial charge in [0, 0.05) is 31.7 Å². The number of nitrogens with zero attached hydrogens (tertiary/aromatic N) is 2. The van der Waals surface area contributed by atoms with Crippen LogP contribution in [0.2, 0.25) is 0 Å². The summed E-state index contributed by atoms with van der Waals surface area (Å²) in [5, 5.41) is 12.3. The molecule has 0 bridgehead atoms. The highest BCUT2D eigenvalue weighted by molar-refractivity contribution is 5.73. The fraction of sp³-hybridized carbons (Fsp3) is 0.923. The van der Waals surface area contributed by atoms with Crippen LogP contribution in [-0.2, 0) is 4.79 Å². The number of hydrogen-bond acceptors (Lipinski definition) is 4. The summed E-state index contributed by atoms with van der Waals surface area (Å²) in [5.74, 6) is -0.168. The molecule has 0 aromatic heterocycles. The number of likely N-dealkylation sites (N-methyl/N-ethyl adjacent to an activating group) is 1. The Bertz CT molecular complexity index is 281. The molecule has 0 radical (unpaired) electrons. The van der Waals surface area contributed by atoms with Crippen molar-refractivity contribution < 1.29 is 9.90 Å². The van der Waals surface area contributed by atoms with E-state index in [1.165, 1.54) is 0 Å². The Labute approximate surface area is 110 Å². The van der Waals surface area contributed by atoms with E-state index in [-0.39, 0.29) is 6.04 Å². The summed E-state index contributed by atoms with van der Waals surface area (Å²) < 4.78 is 0. The number of carboxylic acids is 1. The van der Waals surface area contributed by atoms with Crippen molar-refractivity contribution >= 4 is 5.97 Å². The highest BCUT2D eigenvalue weighted by atomic mass is 16.4. The normalized spacial score (nSPS) is 27.1. The summed E-state index contributed by atoms with van der Waals surface area (Å²) in [6, 6.07) is 0.243. The second-order valence-electron chi connectivity index (χ2n) is 5.94. The van der Waals surface area contributed by atoms with Crippen molar-refractivity contribution in [2.45, 2.75) is 38.9 Å². The lowest BCUT2D eigenvalue weighted by Gasteiger charge is -2.25. The molecule has 1 heterocycles. The van der Waals surface area contributed by atoms with Gasteiger partial charge < -0.3 is 15.3 Å². The second kappa shape index (κ2) is 6.50. The van der Waals surface area contributed by atoms with Crippen molar-refractivity contribution in [2.75, 3.05) is 33.7 Å². The Morgan fingerprint density at radius 2 is 2.06 bits per heavy atom. The van der Waals surface area contributed by atoms with E-state index in [9.17, 15) is 9.90 Å². The maximum absolute atomic E-state index is 11.2. The summed E-state index contributed by atoms with van der Waals surface area (Å²) in [7, 11) is 4.18. The summed E-state index contributed by atoms with van der Waals surface area (Å²) in [5.41, 5.74) is 0. The van der Waals surface area contributed by atoms with E-state index < -0.39 is 12.0 Å². The van der Waals surface area contributed by atoms with Crippen molar-refractivity contribution in [1.29, 1.82) is 0 Å². The first-order chi connectivity index (χ1) is 8.31. The predicted octanol–water partition coefficient (Wildman–Crippen LogP) is 0.320. The monoisotopic (exact) mass is 257 g/mol. The van der Waals surface area contributed by atoms with Crippen molar-refractivity contribution in [2.24, 2.45) is 5.92 Å². The number of rotatable bonds is 6. The lowest BCUT2D eigenvalue weighted by Crippen LogP contribution is -2.48. The van der Waals surface area contributed by atoms with Gasteiger partial charge in [0.25, 0.3) is 0 Å². The molecule has 0 aliphatic carbocycles. The smallest absolute Gasteiger partial charge is 0.322 e. The summed E-state index contributed by atoms with van der Waals surface area (Å²) in [4.78, 5) is 15.7. The van der Waals surface area contributed by atoms with E-state index in [1.54, 1.807) is 0 Å². The zero-order valence-corrected chi connectivity index (χ0v) is 12.2. The lowest BCUT2D eigenvalue weighted by molar-refractivity contribution is -0.140. The van der Waals surface area contributed by atoms with E-state index in [4.69, 9.17) is 0 Å². The van der Waals surface area contributed by atoms with Crippen LogP contribution >= 0.6 is 0 Å². The SMILES string of the molecule is CC(C)NC(CN1CC(C)C(N(C)C)C1)C(=O)O. The van der Waals surface area contributed by atoms with E-state index in [0.29, 0.717) is 18.5 Å². The molecule has 5 heteroatoms. The number of carboxylic acid groups (broad SMARTS) is 1. The third-order valence-electron chi connectivity index (χ3n) is 3.58. The molecule has 0 saturated carbocycles. The van der Waals surface area contributed by atoms with Gasteiger partial charge in [-0.15, -0.1) is 0 Å². The van der Waals surface area contributed by atoms with Crippen LogP contribution in [0.25, 0.3) is 0 Å². The van der Waals surface area contributed by atoms with Crippen LogP contribution in [0.3, 0.4) is 0 Å². The minimum absolute atomic E-state index is 0.191. The van der Waals surface area contributed by atoms with Gasteiger partial charge in [-0.05, 0) is 20.0 Å². The number of carbonyl (C=O) groups is 1. The maximum atomic E-state index is 11.2. The zero-order valence-electron chi connectivity index (χ0n) is 12.2. The van der Waals surface area contributed by atoms with Gasteiger partial charge >= 0.3 is 5.97 Å². The fourth-order valence-electron chi connectivity index (χ4n) is 2.73. The molecular formula is C13H27N3O2. The Morgan fingerprint density at radius 3 is 2.44 bits per heavy atom. The molecule has 1 rings (SSSR count). The van der Waals surface area contributed by atoms with Gasteiger partial charge in [0.05, 0.1) is 0 Å². The molecular weight excluding hydrogens is 230 g/mol. The van der Waals surface area contributed by atoms with Gasteiger partial charge in [-0.3, -0.25) is 9.69 Å². The van der Waals surface area contributed by atoms with Crippen molar-refractivity contribution in [1.82, 2.24) is 15.1 Å². The third-order valence-corrected chi connectivity index (χ3v) is 3.58. The third kappa shape index (κ3) is 4.23. The molecule has 106 valence electrons. The Morgan fingerprint density at radius 1 is 1.44 bits per heavy atom. The average molecular weight is 257 g/mol. The maximum Gasteiger partial charge on any atom is 0.322 e. The Kier molecular flexibility index (Phi) is 5.56. The highest BCUT2D eigenvalue weighted by Gasteiger charge is 2.33. The first kappa shape index (κ1) is 15.4. The van der Waals surface area contributed by atoms with Crippen LogP contribution in [0.4, 0.5) is 0 Å². The molecule has 1 saturated heterocycles. The van der Waals surface area contributed by atoms with Gasteiger partial charge in [-0.2, -0.15) is 0 Å². The van der Waals surface area contributed by atoms with Crippen molar-refractivity contribution in [3.8, 4) is 0 Å². The number of nitrogens with one attached hydrogen (secondary N) is 1. The molecule has 0 aromatic rings. The number of likely N-dealkylation sites (tertiary alicyclic amines) is 1. The predicted molar refractivity (Wildman–Crippen MR) is 72.8 cm³/mol. The molecule has 1 fully saturated rings. The first-order valence-corrected chi connectivity index (χ1v) is 6.69. The Hall–Kier alpha value is -0.650. The standard InChI is InChI=1S/C13H27N3O2/c1-9(2)14-11(13(17)18)7-16-6-10(3)12(8-16)15(4)5/h9-12,14H,6-8H2,1-5H3,(H,17,18). The van der Waals surface area contributed by atoms with Crippen LogP contribution in [0, 0.1) is 5.92 Å². The molecule has 1 aliphatic heterocycles. The molecule has 2 N–H and O–H groups in total. The minimum Gasteiger partial charge on any atom is -0.480 e. The molecule has 18 heavy (non-hydrogen) atoms. The first-order valence-electron chi connectivity index (χ1n) is 6.69. The van der Waals surface area contributed by atoms with Crippen LogP contribution in [0.15, 0.2) is 0 Å². The fourth-order valence-corrected chi connectivity index (χ4v) is 2.73. The molecule has 3 unspecified atom stereocenters.